The van der Waals surface area contributed by atoms with Crippen molar-refractivity contribution in [2.45, 2.75) is 0 Å². The van der Waals surface area contributed by atoms with Gasteiger partial charge >= 0.3 is 0 Å². The van der Waals surface area contributed by atoms with Crippen molar-refractivity contribution in [2.75, 3.05) is 24.3 Å². The Kier molecular flexibility index (Phi) is 5.77. The maximum Gasteiger partial charge on any atom is 0.243 e. The van der Waals surface area contributed by atoms with Crippen LogP contribution in [0, 0.1) is 0 Å². The fourth-order valence-corrected chi connectivity index (χ4v) is 2.49. The van der Waals surface area contributed by atoms with Crippen molar-refractivity contribution >= 4 is 52.1 Å². The van der Waals surface area contributed by atoms with Gasteiger partial charge in [-0.1, -0.05) is 34.8 Å². The lowest BCUT2D eigenvalue weighted by molar-refractivity contribution is -0.114. The highest BCUT2D eigenvalue weighted by atomic mass is 35.5. The molecule has 2 rings (SSSR count). The van der Waals surface area contributed by atoms with Crippen molar-refractivity contribution in [3.63, 3.8) is 0 Å². The van der Waals surface area contributed by atoms with Crippen LogP contribution < -0.4 is 15.4 Å². The molecule has 0 heterocycles. The number of hydrogen-bond donors (Lipinski definition) is 2. The molecule has 1 amide bonds. The Morgan fingerprint density at radius 2 is 1.86 bits per heavy atom. The van der Waals surface area contributed by atoms with Gasteiger partial charge in [0.1, 0.15) is 5.75 Å². The second-order valence-electron chi connectivity index (χ2n) is 4.38. The predicted octanol–water partition coefficient (Wildman–Crippen LogP) is 4.71. The molecule has 0 saturated heterocycles. The molecule has 0 fully saturated rings. The zero-order chi connectivity index (χ0) is 16.1. The molecular formula is C15H13Cl3N2O2. The van der Waals surface area contributed by atoms with Gasteiger partial charge in [0.15, 0.2) is 0 Å². The van der Waals surface area contributed by atoms with Crippen LogP contribution in [-0.2, 0) is 4.79 Å². The monoisotopic (exact) mass is 358 g/mol. The zero-order valence-electron chi connectivity index (χ0n) is 11.6. The number of rotatable bonds is 5. The highest BCUT2D eigenvalue weighted by Crippen LogP contribution is 2.27. The number of methoxy groups -OCH3 is 1. The van der Waals surface area contributed by atoms with Crippen LogP contribution in [0.1, 0.15) is 0 Å². The summed E-state index contributed by atoms with van der Waals surface area (Å²) in [7, 11) is 1.53. The van der Waals surface area contributed by atoms with E-state index in [0.717, 1.165) is 0 Å². The first-order valence-corrected chi connectivity index (χ1v) is 7.45. The van der Waals surface area contributed by atoms with Crippen LogP contribution in [0.3, 0.4) is 0 Å². The Morgan fingerprint density at radius 1 is 1.09 bits per heavy atom. The number of halogens is 3. The summed E-state index contributed by atoms with van der Waals surface area (Å²) in [6.07, 6.45) is 0. The van der Waals surface area contributed by atoms with E-state index in [1.807, 2.05) is 0 Å². The molecule has 0 spiro atoms. The first-order valence-electron chi connectivity index (χ1n) is 6.32. The lowest BCUT2D eigenvalue weighted by Gasteiger charge is -2.10. The third-order valence-corrected chi connectivity index (χ3v) is 3.65. The molecule has 2 N–H and O–H groups in total. The summed E-state index contributed by atoms with van der Waals surface area (Å²) in [6, 6.07) is 10.0. The number of benzene rings is 2. The first kappa shape index (κ1) is 16.7. The SMILES string of the molecule is COc1ccc(NC(=O)CNc2ccc(Cl)cc2Cl)cc1Cl. The van der Waals surface area contributed by atoms with Gasteiger partial charge in [0.05, 0.1) is 29.4 Å². The number of nitrogens with one attached hydrogen (secondary N) is 2. The van der Waals surface area contributed by atoms with Crippen LogP contribution in [0.4, 0.5) is 11.4 Å². The summed E-state index contributed by atoms with van der Waals surface area (Å²) >= 11 is 17.8. The third-order valence-electron chi connectivity index (χ3n) is 2.81. The molecule has 0 radical (unpaired) electrons. The lowest BCUT2D eigenvalue weighted by atomic mass is 10.3. The molecule has 0 aliphatic heterocycles. The maximum absolute atomic E-state index is 11.9. The molecule has 22 heavy (non-hydrogen) atoms. The van der Waals surface area contributed by atoms with Gasteiger partial charge in [0, 0.05) is 10.7 Å². The molecule has 0 aliphatic carbocycles. The number of carbonyl (C=O) groups is 1. The van der Waals surface area contributed by atoms with Gasteiger partial charge in [-0.3, -0.25) is 4.79 Å². The molecule has 7 heteroatoms. The topological polar surface area (TPSA) is 50.4 Å². The van der Waals surface area contributed by atoms with Gasteiger partial charge in [-0.2, -0.15) is 0 Å². The summed E-state index contributed by atoms with van der Waals surface area (Å²) in [5.74, 6) is 0.318. The van der Waals surface area contributed by atoms with E-state index < -0.39 is 0 Å². The number of amides is 1. The Hall–Kier alpha value is -1.62. The van der Waals surface area contributed by atoms with E-state index in [-0.39, 0.29) is 12.5 Å². The van der Waals surface area contributed by atoms with Crippen LogP contribution in [0.5, 0.6) is 5.75 Å². The van der Waals surface area contributed by atoms with Crippen LogP contribution in [0.25, 0.3) is 0 Å². The Labute approximate surface area is 143 Å². The van der Waals surface area contributed by atoms with Crippen molar-refractivity contribution < 1.29 is 9.53 Å². The number of anilines is 2. The van der Waals surface area contributed by atoms with Gasteiger partial charge in [-0.05, 0) is 36.4 Å². The molecule has 2 aromatic rings. The van der Waals surface area contributed by atoms with E-state index in [9.17, 15) is 4.79 Å². The Bertz CT molecular complexity index is 692. The molecule has 0 aromatic heterocycles. The van der Waals surface area contributed by atoms with Gasteiger partial charge in [-0.25, -0.2) is 0 Å². The second-order valence-corrected chi connectivity index (χ2v) is 5.63. The van der Waals surface area contributed by atoms with E-state index in [1.54, 1.807) is 36.4 Å². The highest BCUT2D eigenvalue weighted by Gasteiger charge is 2.07. The van der Waals surface area contributed by atoms with Crippen molar-refractivity contribution in [2.24, 2.45) is 0 Å². The Morgan fingerprint density at radius 3 is 2.50 bits per heavy atom. The molecular weight excluding hydrogens is 347 g/mol. The first-order chi connectivity index (χ1) is 10.5. The van der Waals surface area contributed by atoms with Crippen LogP contribution in [0.15, 0.2) is 36.4 Å². The summed E-state index contributed by atoms with van der Waals surface area (Å²) in [5.41, 5.74) is 1.22. The number of hydrogen-bond acceptors (Lipinski definition) is 3. The van der Waals surface area contributed by atoms with E-state index in [4.69, 9.17) is 39.5 Å². The minimum atomic E-state index is -0.229. The summed E-state index contributed by atoms with van der Waals surface area (Å²) in [6.45, 7) is 0.0605. The average molecular weight is 360 g/mol. The predicted molar refractivity (Wildman–Crippen MR) is 91.6 cm³/mol. The van der Waals surface area contributed by atoms with E-state index in [0.29, 0.717) is 32.2 Å². The average Bonchev–Trinajstić information content (AvgIpc) is 2.46. The van der Waals surface area contributed by atoms with Crippen molar-refractivity contribution in [1.29, 1.82) is 0 Å². The van der Waals surface area contributed by atoms with Crippen molar-refractivity contribution in [3.8, 4) is 5.75 Å². The largest absolute Gasteiger partial charge is 0.495 e. The van der Waals surface area contributed by atoms with Crippen molar-refractivity contribution in [1.82, 2.24) is 0 Å². The summed E-state index contributed by atoms with van der Waals surface area (Å²) in [4.78, 5) is 11.9. The second kappa shape index (κ2) is 7.58. The smallest absolute Gasteiger partial charge is 0.243 e. The maximum atomic E-state index is 11.9. The van der Waals surface area contributed by atoms with Crippen LogP contribution in [0.2, 0.25) is 15.1 Å². The zero-order valence-corrected chi connectivity index (χ0v) is 13.9. The fourth-order valence-electron chi connectivity index (χ4n) is 1.76. The molecule has 116 valence electrons. The van der Waals surface area contributed by atoms with Gasteiger partial charge in [0.2, 0.25) is 5.91 Å². The quantitative estimate of drug-likeness (QED) is 0.813. The van der Waals surface area contributed by atoms with Gasteiger partial charge in [0.25, 0.3) is 0 Å². The normalized spacial score (nSPS) is 10.2. The highest BCUT2D eigenvalue weighted by molar-refractivity contribution is 6.36. The molecule has 0 saturated carbocycles. The minimum absolute atomic E-state index is 0.0605. The summed E-state index contributed by atoms with van der Waals surface area (Å²) in [5, 5.41) is 7.07. The minimum Gasteiger partial charge on any atom is -0.495 e. The van der Waals surface area contributed by atoms with Crippen LogP contribution in [-0.4, -0.2) is 19.6 Å². The van der Waals surface area contributed by atoms with Gasteiger partial charge < -0.3 is 15.4 Å². The van der Waals surface area contributed by atoms with E-state index in [1.165, 1.54) is 7.11 Å². The van der Waals surface area contributed by atoms with E-state index >= 15 is 0 Å². The van der Waals surface area contributed by atoms with E-state index in [2.05, 4.69) is 10.6 Å². The third kappa shape index (κ3) is 4.44. The molecule has 0 atom stereocenters. The number of carbonyl (C=O) groups excluding carboxylic acids is 1. The van der Waals surface area contributed by atoms with Crippen molar-refractivity contribution in [3.05, 3.63) is 51.5 Å². The Balaban J connectivity index is 1.94. The van der Waals surface area contributed by atoms with Crippen LogP contribution >= 0.6 is 34.8 Å². The standard InChI is InChI=1S/C15H13Cl3N2O2/c1-22-14-5-3-10(7-12(14)18)20-15(21)8-19-13-4-2-9(16)6-11(13)17/h2-7,19H,8H2,1H3,(H,20,21). The molecule has 4 nitrogen and oxygen atoms in total. The molecule has 0 unspecified atom stereocenters. The summed E-state index contributed by atoms with van der Waals surface area (Å²) < 4.78 is 5.05. The fraction of sp³-hybridized carbons (Fsp3) is 0.133. The van der Waals surface area contributed by atoms with Gasteiger partial charge in [-0.15, -0.1) is 0 Å². The lowest BCUT2D eigenvalue weighted by Crippen LogP contribution is -2.21. The molecule has 0 aliphatic rings. The number of ether oxygens (including phenoxy) is 1. The molecule has 2 aromatic carbocycles. The molecule has 0 bridgehead atoms.